The topological polar surface area (TPSA) is 33.5 Å². The van der Waals surface area contributed by atoms with Crippen molar-refractivity contribution < 1.29 is 25.8 Å². The third kappa shape index (κ3) is 8.35. The van der Waals surface area contributed by atoms with Gasteiger partial charge in [-0.1, -0.05) is 231 Å². The van der Waals surface area contributed by atoms with Gasteiger partial charge in [0.25, 0.3) is 0 Å². The number of aromatic nitrogens is 2. The zero-order chi connectivity index (χ0) is 55.3. The Morgan fingerprint density at radius 1 is 0.464 bits per heavy atom. The molecule has 2 aromatic heterocycles. The van der Waals surface area contributed by atoms with Crippen LogP contribution >= 0.6 is 0 Å². The number of para-hydroxylation sites is 4. The Bertz CT molecular complexity index is 4560. The van der Waals surface area contributed by atoms with Crippen molar-refractivity contribution in [3.05, 3.63) is 319 Å². The van der Waals surface area contributed by atoms with Gasteiger partial charge in [-0.3, -0.25) is 0 Å². The van der Waals surface area contributed by atoms with Crippen LogP contribution in [0.25, 0.3) is 72.1 Å². The van der Waals surface area contributed by atoms with Crippen molar-refractivity contribution in [3.8, 4) is 61.8 Å². The number of hydrogen-bond acceptors (Lipinski definition) is 4. The Balaban J connectivity index is 0.00000600. The van der Waals surface area contributed by atoms with E-state index in [1.165, 1.54) is 55.3 Å². The molecule has 0 unspecified atom stereocenters. The molecular weight excluding hydrogens is 1200 g/mol. The third-order valence-electron chi connectivity index (χ3n) is 17.3. The molecule has 0 fully saturated rings. The van der Waals surface area contributed by atoms with Gasteiger partial charge in [0.05, 0.1) is 0 Å². The maximum Gasteiger partial charge on any atom is 0.135 e. The van der Waals surface area contributed by atoms with Gasteiger partial charge in [0.15, 0.2) is 0 Å². The van der Waals surface area contributed by atoms with Crippen LogP contribution in [0.2, 0.25) is 0 Å². The smallest absolute Gasteiger partial charge is 0.135 e. The number of fused-ring (bicyclic) bond motifs is 4. The zero-order valence-electron chi connectivity index (χ0n) is 46.6. The molecular formula is C78H55N4OPt-3. The van der Waals surface area contributed by atoms with Crippen LogP contribution in [0, 0.1) is 18.8 Å². The van der Waals surface area contributed by atoms with Crippen LogP contribution in [0.1, 0.15) is 71.6 Å². The fraction of sp³-hybridized carbons (Fsp3) is 0.0769. The SMILES string of the molecule is CC(C)(C)c1ccnc(-n2c3[c-]c(Oc4[c-]c(N5[CH-]N(c6c(-c7cccc(-c8ccccc8)c7)cccc6-c6cccc(-c7ccccc7)c6)c6ccccc65)ccc4)c4c(c3c3ccccc32)C2c3ccccc3C4c3ccccc32)c1.[Pt]. The summed E-state index contributed by atoms with van der Waals surface area (Å²) in [7, 11) is 0. The van der Waals surface area contributed by atoms with E-state index >= 15 is 0 Å². The van der Waals surface area contributed by atoms with Gasteiger partial charge in [-0.2, -0.15) is 6.07 Å². The largest absolute Gasteiger partial charge is 0.509 e. The van der Waals surface area contributed by atoms with Gasteiger partial charge < -0.3 is 19.1 Å². The van der Waals surface area contributed by atoms with Crippen molar-refractivity contribution in [1.29, 1.82) is 0 Å². The van der Waals surface area contributed by atoms with Gasteiger partial charge >= 0.3 is 0 Å². The summed E-state index contributed by atoms with van der Waals surface area (Å²) in [6.45, 7) is 9.00. The van der Waals surface area contributed by atoms with Crippen molar-refractivity contribution in [2.45, 2.75) is 38.0 Å². The van der Waals surface area contributed by atoms with Gasteiger partial charge in [0, 0.05) is 78.4 Å². The Morgan fingerprint density at radius 3 is 1.60 bits per heavy atom. The van der Waals surface area contributed by atoms with Gasteiger partial charge in [-0.15, -0.1) is 42.2 Å². The second-order valence-electron chi connectivity index (χ2n) is 23.1. The van der Waals surface area contributed by atoms with E-state index in [0.29, 0.717) is 11.5 Å². The third-order valence-corrected chi connectivity index (χ3v) is 17.3. The molecule has 0 radical (unpaired) electrons. The molecule has 1 aliphatic heterocycles. The van der Waals surface area contributed by atoms with Gasteiger partial charge in [-0.25, -0.2) is 4.98 Å². The van der Waals surface area contributed by atoms with Crippen LogP contribution in [0.4, 0.5) is 22.7 Å². The second kappa shape index (κ2) is 20.4. The fourth-order valence-corrected chi connectivity index (χ4v) is 13.5. The van der Waals surface area contributed by atoms with Crippen molar-refractivity contribution in [2.24, 2.45) is 0 Å². The molecule has 17 rings (SSSR count). The summed E-state index contributed by atoms with van der Waals surface area (Å²) in [6, 6.07) is 99.9. The van der Waals surface area contributed by atoms with E-state index in [2.05, 4.69) is 303 Å². The number of benzene rings is 11. The molecule has 5 nitrogen and oxygen atoms in total. The van der Waals surface area contributed by atoms with Gasteiger partial charge in [-0.05, 0) is 120 Å². The first-order valence-electron chi connectivity index (χ1n) is 28.7. The molecule has 0 N–H and O–H groups in total. The molecule has 6 heteroatoms. The number of rotatable bonds is 9. The number of pyridine rings is 1. The molecule has 406 valence electrons. The first kappa shape index (κ1) is 51.3. The van der Waals surface area contributed by atoms with E-state index in [1.807, 2.05) is 12.3 Å². The van der Waals surface area contributed by atoms with Crippen molar-refractivity contribution in [2.75, 3.05) is 9.80 Å². The first-order valence-corrected chi connectivity index (χ1v) is 28.7. The predicted octanol–water partition coefficient (Wildman–Crippen LogP) is 19.9. The van der Waals surface area contributed by atoms with E-state index in [4.69, 9.17) is 9.72 Å². The Morgan fingerprint density at radius 2 is 0.976 bits per heavy atom. The molecule has 13 aromatic rings. The molecule has 3 aliphatic carbocycles. The summed E-state index contributed by atoms with van der Waals surface area (Å²) in [5.41, 5.74) is 24.0. The molecule has 0 saturated heterocycles. The minimum atomic E-state index is -0.0833. The molecule has 4 aliphatic rings. The Kier molecular flexibility index (Phi) is 12.5. The molecule has 11 aromatic carbocycles. The minimum absolute atomic E-state index is 0. The summed E-state index contributed by atoms with van der Waals surface area (Å²) in [4.78, 5) is 9.73. The molecule has 2 bridgehead atoms. The first-order chi connectivity index (χ1) is 40.8. The van der Waals surface area contributed by atoms with Crippen molar-refractivity contribution in [1.82, 2.24) is 9.55 Å². The average Bonchev–Trinajstić information content (AvgIpc) is 1.34. The van der Waals surface area contributed by atoms with Gasteiger partial charge in [0.2, 0.25) is 0 Å². The van der Waals surface area contributed by atoms with Crippen LogP contribution in [-0.2, 0) is 26.5 Å². The van der Waals surface area contributed by atoms with Crippen LogP contribution in [0.5, 0.6) is 11.5 Å². The average molecular weight is 1260 g/mol. The summed E-state index contributed by atoms with van der Waals surface area (Å²) < 4.78 is 9.79. The number of hydrogen-bond donors (Lipinski definition) is 0. The van der Waals surface area contributed by atoms with Crippen LogP contribution < -0.4 is 14.5 Å². The minimum Gasteiger partial charge on any atom is -0.509 e. The quantitative estimate of drug-likeness (QED) is 0.135. The normalized spacial score (nSPS) is 14.7. The van der Waals surface area contributed by atoms with Gasteiger partial charge in [0.1, 0.15) is 5.82 Å². The van der Waals surface area contributed by atoms with Crippen LogP contribution in [0.15, 0.2) is 261 Å². The Hall–Kier alpha value is -9.54. The van der Waals surface area contributed by atoms with E-state index in [9.17, 15) is 0 Å². The maximum atomic E-state index is 7.48. The molecule has 0 atom stereocenters. The fourth-order valence-electron chi connectivity index (χ4n) is 13.5. The monoisotopic (exact) mass is 1260 g/mol. The summed E-state index contributed by atoms with van der Waals surface area (Å²) in [5.74, 6) is 2.04. The summed E-state index contributed by atoms with van der Waals surface area (Å²) in [6.07, 6.45) is 1.95. The zero-order valence-corrected chi connectivity index (χ0v) is 48.8. The van der Waals surface area contributed by atoms with E-state index < -0.39 is 0 Å². The second-order valence-corrected chi connectivity index (χ2v) is 23.1. The van der Waals surface area contributed by atoms with E-state index in [0.717, 1.165) is 78.5 Å². The van der Waals surface area contributed by atoms with Crippen molar-refractivity contribution >= 4 is 44.6 Å². The number of anilines is 4. The van der Waals surface area contributed by atoms with Crippen LogP contribution in [0.3, 0.4) is 0 Å². The van der Waals surface area contributed by atoms with E-state index in [-0.39, 0.29) is 38.3 Å². The Labute approximate surface area is 505 Å². The molecule has 0 spiro atoms. The van der Waals surface area contributed by atoms with Crippen molar-refractivity contribution in [3.63, 3.8) is 0 Å². The molecule has 0 saturated carbocycles. The maximum absolute atomic E-state index is 7.48. The molecule has 3 heterocycles. The standard InChI is InChI=1S/C78H55N4O.Pt/c1-78(2,3)56-42-43-79-71(46-56)82-66-39-15-14-36-65(66)74-69(82)48-70(75-72-61-32-10-12-34-63(61)73(76(74)75)64-35-13-11-33-62(64)72)83-58-31-20-30-57(47-58)80-49-81(68-41-17-16-40-67(68)80)77-59(54-28-18-26-52(44-54)50-22-6-4-7-23-50)37-21-38-60(77)55-29-19-27-53(45-55)51-24-8-5-9-25-51;/h4-46,49,72-73H,1-3H3;/q-3;. The number of nitrogens with zero attached hydrogens (tertiary/aromatic N) is 4. The van der Waals surface area contributed by atoms with E-state index in [1.54, 1.807) is 0 Å². The summed E-state index contributed by atoms with van der Waals surface area (Å²) >= 11 is 0. The van der Waals surface area contributed by atoms with Crippen LogP contribution in [-0.4, -0.2) is 9.55 Å². The summed E-state index contributed by atoms with van der Waals surface area (Å²) in [5, 5.41) is 2.36. The number of ether oxygens (including phenoxy) is 1. The molecule has 0 amide bonds. The molecule has 84 heavy (non-hydrogen) atoms. The predicted molar refractivity (Wildman–Crippen MR) is 339 cm³/mol.